The lowest BCUT2D eigenvalue weighted by atomic mass is 9.87. The zero-order valence-electron chi connectivity index (χ0n) is 12.0. The Hall–Kier alpha value is -0.340. The van der Waals surface area contributed by atoms with Gasteiger partial charge in [0.1, 0.15) is 0 Å². The second-order valence-corrected chi connectivity index (χ2v) is 5.68. The van der Waals surface area contributed by atoms with Gasteiger partial charge >= 0.3 is 0 Å². The smallest absolute Gasteiger partial charge is 0.0306 e. The number of nitrogens with one attached hydrogen (secondary N) is 1. The molecule has 1 heterocycles. The van der Waals surface area contributed by atoms with Crippen LogP contribution in [-0.2, 0) is 0 Å². The highest BCUT2D eigenvalue weighted by Crippen LogP contribution is 2.26. The molecule has 1 aliphatic heterocycles. The molecule has 0 bridgehead atoms. The Balaban J connectivity index is 2.62. The number of likely N-dealkylation sites (tertiary alicyclic amines) is 1. The lowest BCUT2D eigenvalue weighted by Crippen LogP contribution is -2.58. The van der Waals surface area contributed by atoms with Gasteiger partial charge in [0.15, 0.2) is 0 Å². The number of allylic oxidation sites excluding steroid dienone is 1. The van der Waals surface area contributed by atoms with E-state index in [9.17, 15) is 0 Å². The molecule has 0 aliphatic carbocycles. The topological polar surface area (TPSA) is 15.3 Å². The molecule has 0 radical (unpaired) electrons. The molecular formula is C15H30N2. The monoisotopic (exact) mass is 238 g/mol. The van der Waals surface area contributed by atoms with Crippen LogP contribution in [0.2, 0.25) is 0 Å². The Labute approximate surface area is 107 Å². The van der Waals surface area contributed by atoms with Crippen LogP contribution in [0.15, 0.2) is 12.7 Å². The number of piperidine rings is 1. The van der Waals surface area contributed by atoms with Crippen molar-refractivity contribution in [2.75, 3.05) is 19.6 Å². The quantitative estimate of drug-likeness (QED) is 0.685. The molecule has 2 heteroatoms. The highest BCUT2D eigenvalue weighted by atomic mass is 15.2. The maximum Gasteiger partial charge on any atom is 0.0306 e. The summed E-state index contributed by atoms with van der Waals surface area (Å²) < 4.78 is 0. The van der Waals surface area contributed by atoms with Gasteiger partial charge in [-0.1, -0.05) is 19.4 Å². The second kappa shape index (κ2) is 7.17. The molecule has 100 valence electrons. The minimum absolute atomic E-state index is 0.263. The molecule has 0 aromatic heterocycles. The normalized spacial score (nSPS) is 20.2. The third kappa shape index (κ3) is 4.11. The van der Waals surface area contributed by atoms with Crippen molar-refractivity contribution in [1.29, 1.82) is 0 Å². The first-order valence-electron chi connectivity index (χ1n) is 7.22. The number of hydrogen-bond acceptors (Lipinski definition) is 2. The molecular weight excluding hydrogens is 208 g/mol. The van der Waals surface area contributed by atoms with E-state index in [-0.39, 0.29) is 5.54 Å². The molecule has 0 spiro atoms. The van der Waals surface area contributed by atoms with Crippen molar-refractivity contribution in [3.8, 4) is 0 Å². The van der Waals surface area contributed by atoms with Crippen molar-refractivity contribution < 1.29 is 0 Å². The predicted molar refractivity (Wildman–Crippen MR) is 76.4 cm³/mol. The number of hydrogen-bond donors (Lipinski definition) is 1. The molecule has 1 N–H and O–H groups in total. The average molecular weight is 238 g/mol. The fraction of sp³-hybridized carbons (Fsp3) is 0.867. The van der Waals surface area contributed by atoms with Crippen LogP contribution in [0.3, 0.4) is 0 Å². The molecule has 0 amide bonds. The molecule has 0 aromatic rings. The summed E-state index contributed by atoms with van der Waals surface area (Å²) in [7, 11) is 0. The number of nitrogens with zero attached hydrogens (tertiary/aromatic N) is 1. The summed E-state index contributed by atoms with van der Waals surface area (Å²) >= 11 is 0. The van der Waals surface area contributed by atoms with E-state index in [0.29, 0.717) is 6.04 Å². The van der Waals surface area contributed by atoms with E-state index in [0.717, 1.165) is 13.0 Å². The molecule has 1 unspecified atom stereocenters. The van der Waals surface area contributed by atoms with Gasteiger partial charge in [0.25, 0.3) is 0 Å². The van der Waals surface area contributed by atoms with E-state index in [1.807, 2.05) is 6.08 Å². The highest BCUT2D eigenvalue weighted by molar-refractivity contribution is 4.95. The number of rotatable bonds is 7. The zero-order chi connectivity index (χ0) is 12.7. The first-order valence-corrected chi connectivity index (χ1v) is 7.22. The molecule has 1 fully saturated rings. The Morgan fingerprint density at radius 1 is 1.29 bits per heavy atom. The molecule has 2 nitrogen and oxygen atoms in total. The van der Waals surface area contributed by atoms with Crippen LogP contribution in [-0.4, -0.2) is 36.1 Å². The Bertz CT molecular complexity index is 217. The van der Waals surface area contributed by atoms with E-state index < -0.39 is 0 Å². The lowest BCUT2D eigenvalue weighted by molar-refractivity contribution is 0.0591. The standard InChI is InChI=1S/C15H30N2/c1-5-7-11-14(16-6-2)15(3,4)17-12-9-8-10-13-17/h5,14,16H,1,6-13H2,2-4H3. The van der Waals surface area contributed by atoms with Gasteiger partial charge in [-0.2, -0.15) is 0 Å². The Morgan fingerprint density at radius 3 is 2.47 bits per heavy atom. The fourth-order valence-electron chi connectivity index (χ4n) is 2.93. The zero-order valence-corrected chi connectivity index (χ0v) is 12.0. The first kappa shape index (κ1) is 14.7. The third-order valence-electron chi connectivity index (χ3n) is 4.13. The third-order valence-corrected chi connectivity index (χ3v) is 4.13. The molecule has 0 saturated carbocycles. The Kier molecular flexibility index (Phi) is 6.21. The maximum absolute atomic E-state index is 3.85. The van der Waals surface area contributed by atoms with Crippen molar-refractivity contribution in [3.63, 3.8) is 0 Å². The Morgan fingerprint density at radius 2 is 1.94 bits per heavy atom. The second-order valence-electron chi connectivity index (χ2n) is 5.68. The first-order chi connectivity index (χ1) is 8.12. The summed E-state index contributed by atoms with van der Waals surface area (Å²) in [6.07, 6.45) is 8.48. The van der Waals surface area contributed by atoms with Gasteiger partial charge in [0, 0.05) is 11.6 Å². The number of likely N-dealkylation sites (N-methyl/N-ethyl adjacent to an activating group) is 1. The summed E-state index contributed by atoms with van der Waals surface area (Å²) in [5.74, 6) is 0. The van der Waals surface area contributed by atoms with Crippen LogP contribution in [0, 0.1) is 0 Å². The van der Waals surface area contributed by atoms with E-state index in [4.69, 9.17) is 0 Å². The van der Waals surface area contributed by atoms with Gasteiger partial charge in [-0.15, -0.1) is 6.58 Å². The van der Waals surface area contributed by atoms with Crippen LogP contribution in [0.25, 0.3) is 0 Å². The molecule has 1 atom stereocenters. The van der Waals surface area contributed by atoms with Crippen molar-refractivity contribution in [2.24, 2.45) is 0 Å². The largest absolute Gasteiger partial charge is 0.312 e. The van der Waals surface area contributed by atoms with Crippen molar-refractivity contribution in [2.45, 2.75) is 64.5 Å². The van der Waals surface area contributed by atoms with Gasteiger partial charge < -0.3 is 5.32 Å². The minimum atomic E-state index is 0.263. The van der Waals surface area contributed by atoms with Gasteiger partial charge in [0.05, 0.1) is 0 Å². The summed E-state index contributed by atoms with van der Waals surface area (Å²) in [4.78, 5) is 2.67. The van der Waals surface area contributed by atoms with Gasteiger partial charge in [-0.3, -0.25) is 4.90 Å². The van der Waals surface area contributed by atoms with Crippen LogP contribution >= 0.6 is 0 Å². The van der Waals surface area contributed by atoms with Crippen molar-refractivity contribution in [1.82, 2.24) is 10.2 Å². The van der Waals surface area contributed by atoms with Crippen LogP contribution in [0.5, 0.6) is 0 Å². The van der Waals surface area contributed by atoms with Gasteiger partial charge in [-0.25, -0.2) is 0 Å². The molecule has 0 aromatic carbocycles. The van der Waals surface area contributed by atoms with Crippen LogP contribution in [0.4, 0.5) is 0 Å². The van der Waals surface area contributed by atoms with E-state index in [1.54, 1.807) is 0 Å². The maximum atomic E-state index is 3.85. The summed E-state index contributed by atoms with van der Waals surface area (Å²) in [5, 5.41) is 3.67. The van der Waals surface area contributed by atoms with Crippen molar-refractivity contribution in [3.05, 3.63) is 12.7 Å². The molecule has 17 heavy (non-hydrogen) atoms. The SMILES string of the molecule is C=CCCC(NCC)C(C)(C)N1CCCCC1. The average Bonchev–Trinajstić information content (AvgIpc) is 2.35. The van der Waals surface area contributed by atoms with Gasteiger partial charge in [-0.05, 0) is 59.2 Å². The molecule has 1 saturated heterocycles. The molecule has 1 rings (SSSR count). The summed E-state index contributed by atoms with van der Waals surface area (Å²) in [6.45, 7) is 14.4. The van der Waals surface area contributed by atoms with Crippen molar-refractivity contribution >= 4 is 0 Å². The molecule has 1 aliphatic rings. The fourth-order valence-corrected chi connectivity index (χ4v) is 2.93. The highest BCUT2D eigenvalue weighted by Gasteiger charge is 2.34. The van der Waals surface area contributed by atoms with Gasteiger partial charge in [0.2, 0.25) is 0 Å². The lowest BCUT2D eigenvalue weighted by Gasteiger charge is -2.46. The van der Waals surface area contributed by atoms with E-state index in [2.05, 4.69) is 37.6 Å². The van der Waals surface area contributed by atoms with Crippen LogP contribution < -0.4 is 5.32 Å². The van der Waals surface area contributed by atoms with Crippen LogP contribution in [0.1, 0.15) is 52.9 Å². The predicted octanol–water partition coefficient (Wildman–Crippen LogP) is 3.20. The van der Waals surface area contributed by atoms with E-state index >= 15 is 0 Å². The summed E-state index contributed by atoms with van der Waals surface area (Å²) in [5.41, 5.74) is 0.263. The summed E-state index contributed by atoms with van der Waals surface area (Å²) in [6, 6.07) is 0.573. The minimum Gasteiger partial charge on any atom is -0.312 e. The van der Waals surface area contributed by atoms with E-state index in [1.165, 1.54) is 38.8 Å².